The quantitative estimate of drug-likeness (QED) is 0.654. The molecule has 2 atom stereocenters. The number of ether oxygens (including phenoxy) is 2. The van der Waals surface area contributed by atoms with E-state index in [2.05, 4.69) is 5.32 Å². The second kappa shape index (κ2) is 8.07. The standard InChI is InChI=1S/C26H33NO6/c1-16(28)15-27-24(29)30-23-6-4-19(5-7-23)20-3-2-8-25(14-20)31-26(33-32-25)21-10-17-9-18(12-21)13-22(26)11-17/h4-7,17-18,20-22H,2-3,8-15H2,1H3,(H,27,29)/t17?,18?,20-,21?,22?,25-,26?/m1/s1. The Morgan fingerprint density at radius 2 is 1.73 bits per heavy atom. The highest BCUT2D eigenvalue weighted by Gasteiger charge is 2.67. The first kappa shape index (κ1) is 21.6. The van der Waals surface area contributed by atoms with E-state index in [0.29, 0.717) is 23.5 Å². The lowest BCUT2D eigenvalue weighted by Crippen LogP contribution is -2.59. The Kier molecular flexibility index (Phi) is 5.27. The molecular formula is C26H33NO6. The zero-order chi connectivity index (χ0) is 22.6. The van der Waals surface area contributed by atoms with Crippen LogP contribution in [0.15, 0.2) is 24.3 Å². The van der Waals surface area contributed by atoms with Crippen LogP contribution in [-0.4, -0.2) is 30.0 Å². The molecule has 2 spiro atoms. The summed E-state index contributed by atoms with van der Waals surface area (Å²) < 4.78 is 12.1. The highest BCUT2D eigenvalue weighted by molar-refractivity contribution is 5.82. The van der Waals surface area contributed by atoms with Gasteiger partial charge in [0.1, 0.15) is 11.5 Å². The zero-order valence-electron chi connectivity index (χ0n) is 19.2. The number of rotatable bonds is 4. The van der Waals surface area contributed by atoms with Crippen LogP contribution in [0.5, 0.6) is 5.75 Å². The van der Waals surface area contributed by atoms with Gasteiger partial charge in [0.25, 0.3) is 0 Å². The number of Topliss-reactive ketones (excluding diaryl/α,β-unsaturated/α-hetero) is 1. The van der Waals surface area contributed by atoms with E-state index in [4.69, 9.17) is 19.2 Å². The number of hydrogen-bond acceptors (Lipinski definition) is 6. The lowest BCUT2D eigenvalue weighted by atomic mass is 9.53. The Labute approximate surface area is 194 Å². The fraction of sp³-hybridized carbons (Fsp3) is 0.692. The molecule has 5 saturated carbocycles. The highest BCUT2D eigenvalue weighted by atomic mass is 17.3. The van der Waals surface area contributed by atoms with Gasteiger partial charge in [0, 0.05) is 24.7 Å². The van der Waals surface area contributed by atoms with E-state index in [1.807, 2.05) is 12.1 Å². The average Bonchev–Trinajstić information content (AvgIpc) is 3.15. The molecule has 1 aliphatic heterocycles. The van der Waals surface area contributed by atoms with E-state index in [1.54, 1.807) is 12.1 Å². The molecule has 6 fully saturated rings. The predicted octanol–water partition coefficient (Wildman–Crippen LogP) is 4.85. The number of hydrogen-bond donors (Lipinski definition) is 1. The first-order valence-corrected chi connectivity index (χ1v) is 12.6. The average molecular weight is 456 g/mol. The molecule has 7 rings (SSSR count). The first-order valence-electron chi connectivity index (χ1n) is 12.6. The lowest BCUT2D eigenvalue weighted by Gasteiger charge is -2.57. The summed E-state index contributed by atoms with van der Waals surface area (Å²) in [7, 11) is 0. The Morgan fingerprint density at radius 1 is 1.03 bits per heavy atom. The Bertz CT molecular complexity index is 901. The van der Waals surface area contributed by atoms with Crippen LogP contribution in [0.4, 0.5) is 4.79 Å². The van der Waals surface area contributed by atoms with Crippen LogP contribution < -0.4 is 10.1 Å². The molecule has 7 heteroatoms. The van der Waals surface area contributed by atoms with Crippen molar-refractivity contribution < 1.29 is 28.8 Å². The first-order chi connectivity index (χ1) is 15.9. The molecule has 1 N–H and O–H groups in total. The third kappa shape index (κ3) is 3.88. The summed E-state index contributed by atoms with van der Waals surface area (Å²) in [4.78, 5) is 35.1. The van der Waals surface area contributed by atoms with E-state index in [1.165, 1.54) is 44.6 Å². The Balaban J connectivity index is 1.12. The summed E-state index contributed by atoms with van der Waals surface area (Å²) >= 11 is 0. The van der Waals surface area contributed by atoms with Gasteiger partial charge in [0.05, 0.1) is 6.54 Å². The molecule has 1 saturated heterocycles. The molecule has 0 radical (unpaired) electrons. The van der Waals surface area contributed by atoms with Gasteiger partial charge in [-0.05, 0) is 87.3 Å². The number of amides is 1. The molecule has 178 valence electrons. The Morgan fingerprint density at radius 3 is 2.39 bits per heavy atom. The molecule has 6 aliphatic rings. The van der Waals surface area contributed by atoms with E-state index in [0.717, 1.165) is 37.5 Å². The number of carbonyl (C=O) groups is 2. The molecule has 1 heterocycles. The molecule has 1 aromatic rings. The summed E-state index contributed by atoms with van der Waals surface area (Å²) in [6, 6.07) is 7.61. The molecule has 5 aliphatic carbocycles. The van der Waals surface area contributed by atoms with Crippen LogP contribution in [0.3, 0.4) is 0 Å². The molecule has 1 amide bonds. The SMILES string of the molecule is CC(=O)CNC(=O)Oc1ccc([C@@H]2CCC[C@]3(C2)OOC2(O3)C3CC4CC(C3)CC2C4)cc1. The molecule has 0 aromatic heterocycles. The molecule has 7 nitrogen and oxygen atoms in total. The van der Waals surface area contributed by atoms with Crippen LogP contribution in [0.2, 0.25) is 0 Å². The van der Waals surface area contributed by atoms with Gasteiger partial charge in [0.2, 0.25) is 11.6 Å². The molecular weight excluding hydrogens is 422 g/mol. The summed E-state index contributed by atoms with van der Waals surface area (Å²) in [5, 5.41) is 2.43. The molecule has 33 heavy (non-hydrogen) atoms. The van der Waals surface area contributed by atoms with Crippen LogP contribution in [-0.2, 0) is 19.3 Å². The minimum Gasteiger partial charge on any atom is -0.410 e. The van der Waals surface area contributed by atoms with Crippen LogP contribution in [0.25, 0.3) is 0 Å². The van der Waals surface area contributed by atoms with E-state index in [9.17, 15) is 9.59 Å². The van der Waals surface area contributed by atoms with Gasteiger partial charge in [0.15, 0.2) is 0 Å². The summed E-state index contributed by atoms with van der Waals surface area (Å²) in [6.07, 6.45) is 9.39. The maximum absolute atomic E-state index is 11.8. The minimum atomic E-state index is -0.653. The third-order valence-corrected chi connectivity index (χ3v) is 8.66. The molecule has 0 unspecified atom stereocenters. The van der Waals surface area contributed by atoms with E-state index < -0.39 is 17.7 Å². The van der Waals surface area contributed by atoms with Gasteiger partial charge in [-0.25, -0.2) is 4.79 Å². The second-order valence-corrected chi connectivity index (χ2v) is 11.0. The van der Waals surface area contributed by atoms with Gasteiger partial charge >= 0.3 is 6.09 Å². The number of carbonyl (C=O) groups excluding carboxylic acids is 2. The Hall–Kier alpha value is -1.96. The van der Waals surface area contributed by atoms with Crippen LogP contribution in [0.1, 0.15) is 76.2 Å². The zero-order valence-corrected chi connectivity index (χ0v) is 19.2. The lowest BCUT2D eigenvalue weighted by molar-refractivity contribution is -0.390. The second-order valence-electron chi connectivity index (χ2n) is 11.0. The van der Waals surface area contributed by atoms with Gasteiger partial charge in [-0.3, -0.25) is 4.79 Å². The number of nitrogens with one attached hydrogen (secondary N) is 1. The number of benzene rings is 1. The van der Waals surface area contributed by atoms with Crippen molar-refractivity contribution in [1.82, 2.24) is 5.32 Å². The maximum Gasteiger partial charge on any atom is 0.412 e. The maximum atomic E-state index is 11.8. The van der Waals surface area contributed by atoms with Gasteiger partial charge < -0.3 is 14.8 Å². The minimum absolute atomic E-state index is 0.0341. The van der Waals surface area contributed by atoms with Gasteiger partial charge in [-0.1, -0.05) is 12.1 Å². The van der Waals surface area contributed by atoms with Gasteiger partial charge in [-0.2, -0.15) is 9.78 Å². The predicted molar refractivity (Wildman–Crippen MR) is 118 cm³/mol. The van der Waals surface area contributed by atoms with E-state index >= 15 is 0 Å². The largest absolute Gasteiger partial charge is 0.412 e. The summed E-state index contributed by atoms with van der Waals surface area (Å²) in [5.74, 6) is 2.10. The van der Waals surface area contributed by atoms with Crippen LogP contribution in [0, 0.1) is 23.7 Å². The van der Waals surface area contributed by atoms with Crippen molar-refractivity contribution in [3.8, 4) is 5.75 Å². The fourth-order valence-corrected chi connectivity index (χ4v) is 7.41. The van der Waals surface area contributed by atoms with Crippen molar-refractivity contribution in [3.05, 3.63) is 29.8 Å². The fourth-order valence-electron chi connectivity index (χ4n) is 7.41. The summed E-state index contributed by atoms with van der Waals surface area (Å²) in [6.45, 7) is 1.38. The van der Waals surface area contributed by atoms with Crippen molar-refractivity contribution in [2.45, 2.75) is 82.2 Å². The highest BCUT2D eigenvalue weighted by Crippen LogP contribution is 2.64. The van der Waals surface area contributed by atoms with Gasteiger partial charge in [-0.15, -0.1) is 0 Å². The van der Waals surface area contributed by atoms with Crippen molar-refractivity contribution in [2.75, 3.05) is 6.54 Å². The number of ketones is 1. The topological polar surface area (TPSA) is 83.1 Å². The third-order valence-electron chi connectivity index (χ3n) is 8.66. The molecule has 1 aromatic carbocycles. The van der Waals surface area contributed by atoms with Crippen molar-refractivity contribution in [3.63, 3.8) is 0 Å². The van der Waals surface area contributed by atoms with Crippen molar-refractivity contribution in [2.24, 2.45) is 23.7 Å². The normalized spacial score (nSPS) is 40.9. The van der Waals surface area contributed by atoms with E-state index in [-0.39, 0.29) is 12.3 Å². The van der Waals surface area contributed by atoms with Crippen molar-refractivity contribution >= 4 is 11.9 Å². The van der Waals surface area contributed by atoms with Crippen molar-refractivity contribution in [1.29, 1.82) is 0 Å². The summed E-state index contributed by atoms with van der Waals surface area (Å²) in [5.41, 5.74) is 1.18. The monoisotopic (exact) mass is 455 g/mol. The smallest absolute Gasteiger partial charge is 0.410 e. The molecule has 4 bridgehead atoms. The van der Waals surface area contributed by atoms with Crippen LogP contribution >= 0.6 is 0 Å².